The molecule has 19 heavy (non-hydrogen) atoms. The van der Waals surface area contributed by atoms with Gasteiger partial charge < -0.3 is 0 Å². The maximum atomic E-state index is 14.0. The third-order valence-electron chi connectivity index (χ3n) is 4.48. The molecule has 0 radical (unpaired) electrons. The average Bonchev–Trinajstić information content (AvgIpc) is 3.00. The Bertz CT molecular complexity index is 668. The fourth-order valence-electron chi connectivity index (χ4n) is 3.62. The van der Waals surface area contributed by atoms with Gasteiger partial charge in [-0.05, 0) is 70.3 Å². The molecule has 1 fully saturated rings. The van der Waals surface area contributed by atoms with E-state index >= 15 is 0 Å². The van der Waals surface area contributed by atoms with E-state index in [1.54, 1.807) is 6.20 Å². The van der Waals surface area contributed by atoms with E-state index < -0.39 is 0 Å². The molecule has 0 amide bonds. The minimum atomic E-state index is -0.266. The first-order chi connectivity index (χ1) is 9.22. The van der Waals surface area contributed by atoms with Crippen LogP contribution in [0.15, 0.2) is 34.9 Å². The Labute approximate surface area is 120 Å². The molecular formula is C16H13BrFN. The molecule has 2 aliphatic carbocycles. The number of hydrogen-bond donors (Lipinski definition) is 0. The summed E-state index contributed by atoms with van der Waals surface area (Å²) < 4.78 is 14.7. The van der Waals surface area contributed by atoms with Crippen LogP contribution in [-0.4, -0.2) is 4.98 Å². The third kappa shape index (κ3) is 1.75. The first kappa shape index (κ1) is 11.6. The number of fused-ring (bicyclic) bond motifs is 5. The van der Waals surface area contributed by atoms with Crippen LogP contribution in [0.1, 0.15) is 42.2 Å². The summed E-state index contributed by atoms with van der Waals surface area (Å²) in [6.45, 7) is 0. The molecule has 2 aromatic rings. The summed E-state index contributed by atoms with van der Waals surface area (Å²) in [5.41, 5.74) is 4.26. The number of halogens is 2. The molecule has 3 heteroatoms. The van der Waals surface area contributed by atoms with Crippen molar-refractivity contribution in [3.63, 3.8) is 0 Å². The van der Waals surface area contributed by atoms with E-state index in [0.29, 0.717) is 16.1 Å². The van der Waals surface area contributed by atoms with Crippen molar-refractivity contribution >= 4 is 15.9 Å². The molecule has 2 atom stereocenters. The van der Waals surface area contributed by atoms with Crippen molar-refractivity contribution in [1.82, 2.24) is 4.98 Å². The van der Waals surface area contributed by atoms with E-state index in [1.807, 2.05) is 6.07 Å². The fourth-order valence-corrected chi connectivity index (χ4v) is 3.92. The lowest BCUT2D eigenvalue weighted by Crippen LogP contribution is -1.99. The minimum Gasteiger partial charge on any atom is -0.252 e. The van der Waals surface area contributed by atoms with E-state index in [0.717, 1.165) is 11.5 Å². The van der Waals surface area contributed by atoms with Crippen LogP contribution in [-0.2, 0) is 0 Å². The highest BCUT2D eigenvalue weighted by Gasteiger charge is 2.36. The second-order valence-electron chi connectivity index (χ2n) is 5.53. The number of benzene rings is 1. The zero-order valence-electron chi connectivity index (χ0n) is 10.4. The first-order valence-electron chi connectivity index (χ1n) is 6.67. The summed E-state index contributed by atoms with van der Waals surface area (Å²) in [5, 5.41) is 0. The highest BCUT2D eigenvalue weighted by atomic mass is 79.9. The molecule has 1 nitrogen and oxygen atoms in total. The molecule has 1 saturated carbocycles. The standard InChI is InChI=1S/C16H13BrFN/c17-12-7-15(18)16(19-8-12)11-3-4-13-9-1-2-10(5-9)14(13)6-11/h3-4,6-10H,1-2,5H2. The lowest BCUT2D eigenvalue weighted by Gasteiger charge is -2.16. The van der Waals surface area contributed by atoms with Crippen LogP contribution in [0, 0.1) is 5.82 Å². The van der Waals surface area contributed by atoms with Gasteiger partial charge in [-0.15, -0.1) is 0 Å². The zero-order chi connectivity index (χ0) is 13.0. The van der Waals surface area contributed by atoms with E-state index in [4.69, 9.17) is 0 Å². The molecule has 4 rings (SSSR count). The van der Waals surface area contributed by atoms with Gasteiger partial charge in [-0.25, -0.2) is 4.39 Å². The second-order valence-corrected chi connectivity index (χ2v) is 6.45. The SMILES string of the molecule is Fc1cc(Br)cnc1-c1ccc2c(c1)C1CCC2C1. The van der Waals surface area contributed by atoms with Crippen LogP contribution in [0.5, 0.6) is 0 Å². The van der Waals surface area contributed by atoms with Crippen LogP contribution in [0.4, 0.5) is 4.39 Å². The third-order valence-corrected chi connectivity index (χ3v) is 4.91. The molecule has 1 aromatic carbocycles. The molecule has 0 saturated heterocycles. The van der Waals surface area contributed by atoms with Gasteiger partial charge in [0.05, 0.1) is 0 Å². The van der Waals surface area contributed by atoms with Crippen molar-refractivity contribution < 1.29 is 4.39 Å². The van der Waals surface area contributed by atoms with E-state index in [-0.39, 0.29) is 5.82 Å². The summed E-state index contributed by atoms with van der Waals surface area (Å²) in [6.07, 6.45) is 5.55. The van der Waals surface area contributed by atoms with Crippen LogP contribution in [0.25, 0.3) is 11.3 Å². The molecule has 2 unspecified atom stereocenters. The van der Waals surface area contributed by atoms with Gasteiger partial charge >= 0.3 is 0 Å². The lowest BCUT2D eigenvalue weighted by molar-refractivity contribution is 0.624. The van der Waals surface area contributed by atoms with Crippen LogP contribution in [0.2, 0.25) is 0 Å². The van der Waals surface area contributed by atoms with Gasteiger partial charge in [-0.2, -0.15) is 0 Å². The summed E-state index contributed by atoms with van der Waals surface area (Å²) >= 11 is 3.24. The van der Waals surface area contributed by atoms with Crippen LogP contribution < -0.4 is 0 Å². The number of hydrogen-bond acceptors (Lipinski definition) is 1. The van der Waals surface area contributed by atoms with Crippen LogP contribution in [0.3, 0.4) is 0 Å². The van der Waals surface area contributed by atoms with Crippen molar-refractivity contribution in [1.29, 1.82) is 0 Å². The van der Waals surface area contributed by atoms with Gasteiger partial charge in [0.2, 0.25) is 0 Å². The lowest BCUT2D eigenvalue weighted by atomic mass is 9.90. The first-order valence-corrected chi connectivity index (χ1v) is 7.47. The zero-order valence-corrected chi connectivity index (χ0v) is 12.0. The molecule has 0 aliphatic heterocycles. The molecule has 0 spiro atoms. The van der Waals surface area contributed by atoms with E-state index in [1.165, 1.54) is 36.5 Å². The van der Waals surface area contributed by atoms with Gasteiger partial charge in [-0.1, -0.05) is 12.1 Å². The molecule has 2 aliphatic rings. The smallest absolute Gasteiger partial charge is 0.150 e. The van der Waals surface area contributed by atoms with Crippen molar-refractivity contribution in [2.24, 2.45) is 0 Å². The van der Waals surface area contributed by atoms with Crippen molar-refractivity contribution in [2.45, 2.75) is 31.1 Å². The van der Waals surface area contributed by atoms with Crippen molar-refractivity contribution in [3.8, 4) is 11.3 Å². The second kappa shape index (κ2) is 4.14. The molecular weight excluding hydrogens is 305 g/mol. The van der Waals surface area contributed by atoms with Gasteiger partial charge in [-0.3, -0.25) is 4.98 Å². The van der Waals surface area contributed by atoms with Gasteiger partial charge in [0.25, 0.3) is 0 Å². The highest BCUT2D eigenvalue weighted by molar-refractivity contribution is 9.10. The van der Waals surface area contributed by atoms with Gasteiger partial charge in [0, 0.05) is 16.2 Å². The van der Waals surface area contributed by atoms with Crippen LogP contribution >= 0.6 is 15.9 Å². The fraction of sp³-hybridized carbons (Fsp3) is 0.312. The monoisotopic (exact) mass is 317 g/mol. The Balaban J connectivity index is 1.83. The average molecular weight is 318 g/mol. The normalized spacial score (nSPS) is 23.7. The van der Waals surface area contributed by atoms with E-state index in [2.05, 4.69) is 33.0 Å². The number of rotatable bonds is 1. The summed E-state index contributed by atoms with van der Waals surface area (Å²) in [5.74, 6) is 1.17. The Hall–Kier alpha value is -1.22. The Morgan fingerprint density at radius 3 is 2.68 bits per heavy atom. The minimum absolute atomic E-state index is 0.266. The summed E-state index contributed by atoms with van der Waals surface area (Å²) in [4.78, 5) is 4.21. The van der Waals surface area contributed by atoms with Gasteiger partial charge in [0.15, 0.2) is 5.82 Å². The van der Waals surface area contributed by atoms with E-state index in [9.17, 15) is 4.39 Å². The summed E-state index contributed by atoms with van der Waals surface area (Å²) in [6, 6.07) is 7.82. The quantitative estimate of drug-likeness (QED) is 0.720. The maximum Gasteiger partial charge on any atom is 0.150 e. The number of pyridine rings is 1. The largest absolute Gasteiger partial charge is 0.252 e. The predicted molar refractivity (Wildman–Crippen MR) is 76.7 cm³/mol. The maximum absolute atomic E-state index is 14.0. The topological polar surface area (TPSA) is 12.9 Å². The molecule has 2 bridgehead atoms. The Morgan fingerprint density at radius 1 is 1.11 bits per heavy atom. The number of aromatic nitrogens is 1. The molecule has 96 valence electrons. The molecule has 1 aromatic heterocycles. The van der Waals surface area contributed by atoms with Crippen molar-refractivity contribution in [2.75, 3.05) is 0 Å². The predicted octanol–water partition coefficient (Wildman–Crippen LogP) is 5.01. The molecule has 0 N–H and O–H groups in total. The summed E-state index contributed by atoms with van der Waals surface area (Å²) in [7, 11) is 0. The Morgan fingerprint density at radius 2 is 1.89 bits per heavy atom. The highest BCUT2D eigenvalue weighted by Crippen LogP contribution is 2.53. The molecule has 1 heterocycles. The van der Waals surface area contributed by atoms with Crippen molar-refractivity contribution in [3.05, 3.63) is 51.9 Å². The van der Waals surface area contributed by atoms with Gasteiger partial charge in [0.1, 0.15) is 5.69 Å². The number of nitrogens with zero attached hydrogens (tertiary/aromatic N) is 1. The Kier molecular flexibility index (Phi) is 2.52.